The molecule has 0 radical (unpaired) electrons. The van der Waals surface area contributed by atoms with Crippen molar-refractivity contribution in [3.8, 4) is 0 Å². The fourth-order valence-corrected chi connectivity index (χ4v) is 2.34. The Labute approximate surface area is 90.5 Å². The van der Waals surface area contributed by atoms with Gasteiger partial charge in [-0.05, 0) is 25.7 Å². The van der Waals surface area contributed by atoms with Crippen molar-refractivity contribution in [3.63, 3.8) is 0 Å². The van der Waals surface area contributed by atoms with Gasteiger partial charge in [0.25, 0.3) is 0 Å². The van der Waals surface area contributed by atoms with Crippen molar-refractivity contribution in [3.05, 3.63) is 0 Å². The van der Waals surface area contributed by atoms with Crippen molar-refractivity contribution in [2.45, 2.75) is 44.2 Å². The third-order valence-electron chi connectivity index (χ3n) is 3.95. The number of nitrogens with one attached hydrogen (secondary N) is 1. The van der Waals surface area contributed by atoms with Crippen LogP contribution in [0.2, 0.25) is 0 Å². The summed E-state index contributed by atoms with van der Waals surface area (Å²) in [5, 5.41) is 3.08. The molecular formula is C11H20N2O2. The predicted molar refractivity (Wildman–Crippen MR) is 57.3 cm³/mol. The van der Waals surface area contributed by atoms with Crippen molar-refractivity contribution < 1.29 is 9.53 Å². The van der Waals surface area contributed by atoms with Crippen LogP contribution in [0, 0.1) is 5.41 Å². The molecule has 0 bridgehead atoms. The average Bonchev–Trinajstić information content (AvgIpc) is 2.09. The highest BCUT2D eigenvalue weighted by atomic mass is 16.5. The maximum atomic E-state index is 11.9. The van der Waals surface area contributed by atoms with Gasteiger partial charge in [0.15, 0.2) is 0 Å². The Kier molecular flexibility index (Phi) is 2.98. The fraction of sp³-hybridized carbons (Fsp3) is 0.909. The van der Waals surface area contributed by atoms with Gasteiger partial charge in [0.05, 0.1) is 11.5 Å². The van der Waals surface area contributed by atoms with E-state index in [0.717, 1.165) is 32.1 Å². The molecular weight excluding hydrogens is 192 g/mol. The van der Waals surface area contributed by atoms with Gasteiger partial charge in [-0.15, -0.1) is 0 Å². The minimum Gasteiger partial charge on any atom is -0.381 e. The second-order valence-corrected chi connectivity index (χ2v) is 4.84. The van der Waals surface area contributed by atoms with E-state index in [1.54, 1.807) is 7.11 Å². The number of hydrogen-bond donors (Lipinski definition) is 2. The number of nitrogens with two attached hydrogens (primary N) is 1. The highest BCUT2D eigenvalue weighted by Crippen LogP contribution is 2.40. The SMILES string of the molecule is COC1CC(NC(=O)C2(CN)CCC2)C1. The Morgan fingerprint density at radius 2 is 2.20 bits per heavy atom. The average molecular weight is 212 g/mol. The maximum Gasteiger partial charge on any atom is 0.227 e. The zero-order chi connectivity index (χ0) is 10.9. The van der Waals surface area contributed by atoms with E-state index in [9.17, 15) is 4.79 Å². The number of amides is 1. The van der Waals surface area contributed by atoms with Crippen LogP contribution in [0.15, 0.2) is 0 Å². The molecule has 0 heterocycles. The van der Waals surface area contributed by atoms with Crippen LogP contribution in [0.4, 0.5) is 0 Å². The highest BCUT2D eigenvalue weighted by molar-refractivity contribution is 5.84. The van der Waals surface area contributed by atoms with Crippen molar-refractivity contribution in [1.29, 1.82) is 0 Å². The summed E-state index contributed by atoms with van der Waals surface area (Å²) in [4.78, 5) is 11.9. The summed E-state index contributed by atoms with van der Waals surface area (Å²) < 4.78 is 5.17. The molecule has 86 valence electrons. The summed E-state index contributed by atoms with van der Waals surface area (Å²) >= 11 is 0. The van der Waals surface area contributed by atoms with E-state index in [0.29, 0.717) is 18.7 Å². The van der Waals surface area contributed by atoms with E-state index in [-0.39, 0.29) is 11.3 Å². The molecule has 2 rings (SSSR count). The molecule has 0 unspecified atom stereocenters. The first-order valence-electron chi connectivity index (χ1n) is 5.74. The first-order valence-corrected chi connectivity index (χ1v) is 5.74. The van der Waals surface area contributed by atoms with Gasteiger partial charge in [0, 0.05) is 19.7 Å². The van der Waals surface area contributed by atoms with Gasteiger partial charge < -0.3 is 15.8 Å². The quantitative estimate of drug-likeness (QED) is 0.709. The summed E-state index contributed by atoms with van der Waals surface area (Å²) in [7, 11) is 1.72. The predicted octanol–water partition coefficient (Wildman–Crippen LogP) is 0.409. The van der Waals surface area contributed by atoms with Crippen LogP contribution in [0.1, 0.15) is 32.1 Å². The summed E-state index contributed by atoms with van der Waals surface area (Å²) in [6.07, 6.45) is 5.28. The minimum absolute atomic E-state index is 0.163. The van der Waals surface area contributed by atoms with Gasteiger partial charge in [-0.25, -0.2) is 0 Å². The van der Waals surface area contributed by atoms with E-state index >= 15 is 0 Å². The molecule has 0 aliphatic heterocycles. The highest BCUT2D eigenvalue weighted by Gasteiger charge is 2.44. The Bertz CT molecular complexity index is 239. The van der Waals surface area contributed by atoms with Crippen molar-refractivity contribution >= 4 is 5.91 Å². The molecule has 0 saturated heterocycles. The molecule has 2 aliphatic rings. The maximum absolute atomic E-state index is 11.9. The molecule has 0 aromatic heterocycles. The lowest BCUT2D eigenvalue weighted by molar-refractivity contribution is -0.137. The lowest BCUT2D eigenvalue weighted by Crippen LogP contribution is -2.56. The molecule has 0 aromatic carbocycles. The molecule has 3 N–H and O–H groups in total. The van der Waals surface area contributed by atoms with E-state index in [4.69, 9.17) is 10.5 Å². The monoisotopic (exact) mass is 212 g/mol. The first-order chi connectivity index (χ1) is 7.20. The van der Waals surface area contributed by atoms with Crippen LogP contribution in [-0.2, 0) is 9.53 Å². The number of carbonyl (C=O) groups excluding carboxylic acids is 1. The van der Waals surface area contributed by atoms with Crippen LogP contribution < -0.4 is 11.1 Å². The molecule has 0 spiro atoms. The van der Waals surface area contributed by atoms with E-state index < -0.39 is 0 Å². The third kappa shape index (κ3) is 1.88. The molecule has 2 fully saturated rings. The molecule has 2 saturated carbocycles. The molecule has 1 amide bonds. The van der Waals surface area contributed by atoms with Crippen molar-refractivity contribution in [2.24, 2.45) is 11.1 Å². The Morgan fingerprint density at radius 3 is 2.60 bits per heavy atom. The Hall–Kier alpha value is -0.610. The van der Waals surface area contributed by atoms with E-state index in [1.165, 1.54) is 0 Å². The van der Waals surface area contributed by atoms with E-state index in [2.05, 4.69) is 5.32 Å². The fourth-order valence-electron chi connectivity index (χ4n) is 2.34. The lowest BCUT2D eigenvalue weighted by Gasteiger charge is -2.42. The van der Waals surface area contributed by atoms with Gasteiger partial charge in [-0.2, -0.15) is 0 Å². The second kappa shape index (κ2) is 4.10. The second-order valence-electron chi connectivity index (χ2n) is 4.84. The largest absolute Gasteiger partial charge is 0.381 e. The third-order valence-corrected chi connectivity index (χ3v) is 3.95. The smallest absolute Gasteiger partial charge is 0.227 e. The summed E-state index contributed by atoms with van der Waals surface area (Å²) in [5.74, 6) is 0.163. The Balaban J connectivity index is 1.78. The zero-order valence-electron chi connectivity index (χ0n) is 9.29. The van der Waals surface area contributed by atoms with Gasteiger partial charge in [0.1, 0.15) is 0 Å². The summed E-state index contributed by atoms with van der Waals surface area (Å²) in [5.41, 5.74) is 5.43. The molecule has 15 heavy (non-hydrogen) atoms. The van der Waals surface area contributed by atoms with E-state index in [1.807, 2.05) is 0 Å². The van der Waals surface area contributed by atoms with Gasteiger partial charge in [-0.1, -0.05) is 6.42 Å². The van der Waals surface area contributed by atoms with Gasteiger partial charge in [0.2, 0.25) is 5.91 Å². The topological polar surface area (TPSA) is 64.3 Å². The van der Waals surface area contributed by atoms with Gasteiger partial charge >= 0.3 is 0 Å². The lowest BCUT2D eigenvalue weighted by atomic mass is 9.68. The van der Waals surface area contributed by atoms with Crippen LogP contribution in [0.3, 0.4) is 0 Å². The molecule has 0 aromatic rings. The van der Waals surface area contributed by atoms with Crippen LogP contribution in [-0.4, -0.2) is 31.7 Å². The Morgan fingerprint density at radius 1 is 1.53 bits per heavy atom. The zero-order valence-corrected chi connectivity index (χ0v) is 9.29. The molecule has 0 atom stereocenters. The minimum atomic E-state index is -0.238. The van der Waals surface area contributed by atoms with Crippen LogP contribution >= 0.6 is 0 Å². The number of hydrogen-bond acceptors (Lipinski definition) is 3. The number of carbonyl (C=O) groups is 1. The first kappa shape index (κ1) is 10.9. The number of methoxy groups -OCH3 is 1. The molecule has 2 aliphatic carbocycles. The normalized spacial score (nSPS) is 32.7. The molecule has 4 heteroatoms. The summed E-state index contributed by atoms with van der Waals surface area (Å²) in [6, 6.07) is 0.312. The van der Waals surface area contributed by atoms with Crippen molar-refractivity contribution in [2.75, 3.05) is 13.7 Å². The molecule has 4 nitrogen and oxygen atoms in total. The van der Waals surface area contributed by atoms with Gasteiger partial charge in [-0.3, -0.25) is 4.79 Å². The van der Waals surface area contributed by atoms with Crippen LogP contribution in [0.5, 0.6) is 0 Å². The number of rotatable bonds is 4. The number of ether oxygens (including phenoxy) is 1. The van der Waals surface area contributed by atoms with Crippen LogP contribution in [0.25, 0.3) is 0 Å². The summed E-state index contributed by atoms with van der Waals surface area (Å²) in [6.45, 7) is 0.485. The van der Waals surface area contributed by atoms with Crippen molar-refractivity contribution in [1.82, 2.24) is 5.32 Å². The standard InChI is InChI=1S/C11H20N2O2/c1-15-9-5-8(6-9)13-10(14)11(7-12)3-2-4-11/h8-9H,2-7,12H2,1H3,(H,13,14).